The number of anilines is 1. The summed E-state index contributed by atoms with van der Waals surface area (Å²) in [6.45, 7) is 4.12. The largest absolute Gasteiger partial charge is 0.310 e. The van der Waals surface area contributed by atoms with Crippen LogP contribution in [-0.2, 0) is 0 Å². The Labute approximate surface area is 107 Å². The smallest absolute Gasteiger partial charge is 0.278 e. The van der Waals surface area contributed by atoms with Gasteiger partial charge >= 0.3 is 0 Å². The quantitative estimate of drug-likeness (QED) is 0.901. The molecule has 0 atom stereocenters. The molecular weight excluding hydrogens is 226 g/mol. The number of nitrogens with zero attached hydrogens (tertiary/aromatic N) is 2. The molecule has 0 saturated heterocycles. The Morgan fingerprint density at radius 2 is 1.94 bits per heavy atom. The summed E-state index contributed by atoms with van der Waals surface area (Å²) in [5, 5.41) is 6.96. The Hall–Kier alpha value is -2.10. The van der Waals surface area contributed by atoms with Gasteiger partial charge in [-0.15, -0.1) is 0 Å². The second kappa shape index (κ2) is 5.04. The van der Waals surface area contributed by atoms with Crippen LogP contribution in [0.25, 0.3) is 0 Å². The van der Waals surface area contributed by atoms with Crippen LogP contribution in [0.5, 0.6) is 0 Å². The molecule has 4 nitrogen and oxygen atoms in total. The number of carbonyl (C=O) groups is 1. The molecule has 1 amide bonds. The Kier molecular flexibility index (Phi) is 3.46. The van der Waals surface area contributed by atoms with Crippen molar-refractivity contribution in [3.05, 3.63) is 47.8 Å². The van der Waals surface area contributed by atoms with Crippen molar-refractivity contribution in [1.29, 1.82) is 0 Å². The van der Waals surface area contributed by atoms with E-state index in [9.17, 15) is 4.79 Å². The van der Waals surface area contributed by atoms with Gasteiger partial charge in [-0.2, -0.15) is 5.10 Å². The predicted octanol–water partition coefficient (Wildman–Crippen LogP) is 2.81. The van der Waals surface area contributed by atoms with E-state index in [1.54, 1.807) is 11.9 Å². The van der Waals surface area contributed by atoms with Crippen molar-refractivity contribution in [2.75, 3.05) is 11.9 Å². The van der Waals surface area contributed by atoms with Crippen molar-refractivity contribution in [3.63, 3.8) is 0 Å². The molecule has 4 heteroatoms. The van der Waals surface area contributed by atoms with Gasteiger partial charge in [-0.3, -0.25) is 9.89 Å². The number of nitrogens with one attached hydrogen (secondary N) is 1. The molecule has 0 bridgehead atoms. The van der Waals surface area contributed by atoms with Crippen LogP contribution in [0.2, 0.25) is 0 Å². The molecule has 0 fully saturated rings. The topological polar surface area (TPSA) is 49.0 Å². The summed E-state index contributed by atoms with van der Waals surface area (Å²) in [6.07, 6.45) is 0. The number of benzene rings is 1. The average molecular weight is 243 g/mol. The summed E-state index contributed by atoms with van der Waals surface area (Å²) >= 11 is 0. The van der Waals surface area contributed by atoms with Gasteiger partial charge in [0.15, 0.2) is 5.69 Å². The summed E-state index contributed by atoms with van der Waals surface area (Å²) in [6, 6.07) is 11.3. The highest BCUT2D eigenvalue weighted by molar-refractivity contribution is 6.04. The van der Waals surface area contributed by atoms with Gasteiger partial charge in [0.05, 0.1) is 0 Å². The molecule has 18 heavy (non-hydrogen) atoms. The van der Waals surface area contributed by atoms with E-state index in [-0.39, 0.29) is 5.91 Å². The van der Waals surface area contributed by atoms with Crippen LogP contribution in [0, 0.1) is 0 Å². The fraction of sp³-hybridized carbons (Fsp3) is 0.286. The second-order valence-corrected chi connectivity index (χ2v) is 4.56. The molecule has 1 N–H and O–H groups in total. The molecular formula is C14H17N3O. The maximum atomic E-state index is 12.2. The summed E-state index contributed by atoms with van der Waals surface area (Å²) in [5.74, 6) is 0.227. The number of hydrogen-bond donors (Lipinski definition) is 1. The van der Waals surface area contributed by atoms with Crippen molar-refractivity contribution >= 4 is 11.6 Å². The molecule has 0 radical (unpaired) electrons. The molecule has 94 valence electrons. The average Bonchev–Trinajstić information content (AvgIpc) is 2.88. The molecule has 2 rings (SSSR count). The molecule has 1 aromatic carbocycles. The van der Waals surface area contributed by atoms with Gasteiger partial charge in [0.25, 0.3) is 5.91 Å². The summed E-state index contributed by atoms with van der Waals surface area (Å²) in [5.41, 5.74) is 2.28. The monoisotopic (exact) mass is 243 g/mol. The van der Waals surface area contributed by atoms with Crippen molar-refractivity contribution in [1.82, 2.24) is 10.2 Å². The maximum absolute atomic E-state index is 12.2. The van der Waals surface area contributed by atoms with E-state index in [0.29, 0.717) is 11.6 Å². The van der Waals surface area contributed by atoms with Gasteiger partial charge in [-0.05, 0) is 24.1 Å². The van der Waals surface area contributed by atoms with Crippen molar-refractivity contribution in [3.8, 4) is 0 Å². The molecule has 0 aliphatic heterocycles. The van der Waals surface area contributed by atoms with E-state index in [4.69, 9.17) is 0 Å². The summed E-state index contributed by atoms with van der Waals surface area (Å²) in [7, 11) is 1.75. The van der Waals surface area contributed by atoms with Gasteiger partial charge in [0.2, 0.25) is 0 Å². The fourth-order valence-corrected chi connectivity index (χ4v) is 1.68. The number of aromatic nitrogens is 2. The number of amides is 1. The lowest BCUT2D eigenvalue weighted by Crippen LogP contribution is -2.26. The molecule has 0 spiro atoms. The first-order valence-corrected chi connectivity index (χ1v) is 5.98. The van der Waals surface area contributed by atoms with Crippen LogP contribution >= 0.6 is 0 Å². The van der Waals surface area contributed by atoms with Gasteiger partial charge in [-0.1, -0.05) is 32.0 Å². The normalized spacial score (nSPS) is 10.7. The van der Waals surface area contributed by atoms with Crippen molar-refractivity contribution in [2.24, 2.45) is 0 Å². The number of aromatic amines is 1. The van der Waals surface area contributed by atoms with Gasteiger partial charge < -0.3 is 4.90 Å². The van der Waals surface area contributed by atoms with E-state index in [1.165, 1.54) is 0 Å². The van der Waals surface area contributed by atoms with Gasteiger partial charge in [-0.25, -0.2) is 0 Å². The first-order valence-electron chi connectivity index (χ1n) is 5.98. The second-order valence-electron chi connectivity index (χ2n) is 4.56. The Morgan fingerprint density at radius 1 is 1.28 bits per heavy atom. The SMILES string of the molecule is CC(C)c1cc(C(=O)N(C)c2ccccc2)n[nH]1. The minimum atomic E-state index is -0.107. The number of rotatable bonds is 3. The predicted molar refractivity (Wildman–Crippen MR) is 71.9 cm³/mol. The van der Waals surface area contributed by atoms with Crippen LogP contribution in [0.1, 0.15) is 35.9 Å². The van der Waals surface area contributed by atoms with Crippen LogP contribution in [0.3, 0.4) is 0 Å². The lowest BCUT2D eigenvalue weighted by molar-refractivity contribution is 0.0988. The number of H-pyrrole nitrogens is 1. The zero-order valence-electron chi connectivity index (χ0n) is 10.8. The number of carbonyl (C=O) groups excluding carboxylic acids is 1. The van der Waals surface area contributed by atoms with Crippen LogP contribution in [0.4, 0.5) is 5.69 Å². The van der Waals surface area contributed by atoms with Gasteiger partial charge in [0, 0.05) is 18.4 Å². The summed E-state index contributed by atoms with van der Waals surface area (Å²) in [4.78, 5) is 13.8. The lowest BCUT2D eigenvalue weighted by atomic mass is 10.1. The molecule has 2 aromatic rings. The standard InChI is InChI=1S/C14H17N3O/c1-10(2)12-9-13(16-15-12)14(18)17(3)11-7-5-4-6-8-11/h4-10H,1-3H3,(H,15,16). The molecule has 0 aliphatic rings. The molecule has 0 saturated carbocycles. The third-order valence-corrected chi connectivity index (χ3v) is 2.89. The highest BCUT2D eigenvalue weighted by Crippen LogP contribution is 2.16. The fourth-order valence-electron chi connectivity index (χ4n) is 1.68. The van der Waals surface area contributed by atoms with Crippen molar-refractivity contribution in [2.45, 2.75) is 19.8 Å². The highest BCUT2D eigenvalue weighted by atomic mass is 16.2. The summed E-state index contributed by atoms with van der Waals surface area (Å²) < 4.78 is 0. The third-order valence-electron chi connectivity index (χ3n) is 2.89. The van der Waals surface area contributed by atoms with E-state index >= 15 is 0 Å². The van der Waals surface area contributed by atoms with Crippen LogP contribution < -0.4 is 4.90 Å². The third kappa shape index (κ3) is 2.42. The lowest BCUT2D eigenvalue weighted by Gasteiger charge is -2.15. The molecule has 0 unspecified atom stereocenters. The first-order chi connectivity index (χ1) is 8.59. The maximum Gasteiger partial charge on any atom is 0.278 e. The first kappa shape index (κ1) is 12.4. The zero-order valence-corrected chi connectivity index (χ0v) is 10.8. The minimum absolute atomic E-state index is 0.107. The zero-order chi connectivity index (χ0) is 13.1. The van der Waals surface area contributed by atoms with E-state index in [1.807, 2.05) is 36.4 Å². The molecule has 0 aliphatic carbocycles. The van der Waals surface area contributed by atoms with Gasteiger partial charge in [0.1, 0.15) is 0 Å². The van der Waals surface area contributed by atoms with E-state index < -0.39 is 0 Å². The minimum Gasteiger partial charge on any atom is -0.310 e. The van der Waals surface area contributed by atoms with E-state index in [2.05, 4.69) is 24.0 Å². The van der Waals surface area contributed by atoms with Crippen LogP contribution in [0.15, 0.2) is 36.4 Å². The Morgan fingerprint density at radius 3 is 2.50 bits per heavy atom. The molecule has 1 heterocycles. The number of para-hydroxylation sites is 1. The van der Waals surface area contributed by atoms with E-state index in [0.717, 1.165) is 11.4 Å². The highest BCUT2D eigenvalue weighted by Gasteiger charge is 2.17. The van der Waals surface area contributed by atoms with Crippen molar-refractivity contribution < 1.29 is 4.79 Å². The molecule has 1 aromatic heterocycles. The number of hydrogen-bond acceptors (Lipinski definition) is 2. The van der Waals surface area contributed by atoms with Crippen LogP contribution in [-0.4, -0.2) is 23.2 Å². The Balaban J connectivity index is 2.20. The Bertz CT molecular complexity index is 531.